The molecule has 126 valence electrons. The highest BCUT2D eigenvalue weighted by Gasteiger charge is 2.24. The Hall–Kier alpha value is -1.63. The van der Waals surface area contributed by atoms with E-state index in [0.717, 1.165) is 22.6 Å². The highest BCUT2D eigenvalue weighted by molar-refractivity contribution is 14.1. The van der Waals surface area contributed by atoms with Crippen molar-refractivity contribution in [3.63, 3.8) is 0 Å². The molecule has 24 heavy (non-hydrogen) atoms. The van der Waals surface area contributed by atoms with E-state index >= 15 is 0 Å². The molecule has 1 aliphatic rings. The zero-order valence-corrected chi connectivity index (χ0v) is 16.2. The Morgan fingerprint density at radius 3 is 2.62 bits per heavy atom. The molecule has 0 atom stereocenters. The Morgan fingerprint density at radius 2 is 1.96 bits per heavy atom. The van der Waals surface area contributed by atoms with Crippen LogP contribution < -0.4 is 4.74 Å². The van der Waals surface area contributed by atoms with Gasteiger partial charge in [0.1, 0.15) is 17.3 Å². The van der Waals surface area contributed by atoms with Crippen LogP contribution in [-0.2, 0) is 0 Å². The summed E-state index contributed by atoms with van der Waals surface area (Å²) in [6.07, 6.45) is 4.41. The number of benzene rings is 2. The van der Waals surface area contributed by atoms with Crippen LogP contribution in [0.15, 0.2) is 35.3 Å². The summed E-state index contributed by atoms with van der Waals surface area (Å²) in [7, 11) is 2.07. The van der Waals surface area contributed by atoms with Gasteiger partial charge in [-0.1, -0.05) is 0 Å². The third-order valence-corrected chi connectivity index (χ3v) is 4.94. The molecule has 3 rings (SSSR count). The van der Waals surface area contributed by atoms with Gasteiger partial charge in [-0.25, -0.2) is 9.38 Å². The summed E-state index contributed by atoms with van der Waals surface area (Å²) in [5.74, 6) is 1.16. The maximum Gasteiger partial charge on any atom is 0.136 e. The number of nitrogens with zero attached hydrogens (tertiary/aromatic N) is 2. The van der Waals surface area contributed by atoms with Crippen molar-refractivity contribution in [2.24, 2.45) is 4.99 Å². The van der Waals surface area contributed by atoms with E-state index in [4.69, 9.17) is 4.74 Å². The molecule has 5 heteroatoms. The summed E-state index contributed by atoms with van der Waals surface area (Å²) in [5, 5.41) is 0. The Balaban J connectivity index is 1.79. The molecule has 2 aromatic rings. The van der Waals surface area contributed by atoms with Gasteiger partial charge in [0.15, 0.2) is 0 Å². The molecule has 1 aliphatic carbocycles. The van der Waals surface area contributed by atoms with E-state index in [1.165, 1.54) is 18.9 Å². The van der Waals surface area contributed by atoms with E-state index < -0.39 is 0 Å². The second-order valence-electron chi connectivity index (χ2n) is 6.22. The Morgan fingerprint density at radius 1 is 1.21 bits per heavy atom. The molecule has 3 nitrogen and oxygen atoms in total. The molecule has 0 bridgehead atoms. The van der Waals surface area contributed by atoms with Crippen molar-refractivity contribution < 1.29 is 9.13 Å². The van der Waals surface area contributed by atoms with Gasteiger partial charge in [-0.2, -0.15) is 0 Å². The largest absolute Gasteiger partial charge is 0.457 e. The van der Waals surface area contributed by atoms with Crippen LogP contribution in [0.4, 0.5) is 10.1 Å². The van der Waals surface area contributed by atoms with Crippen LogP contribution in [0.25, 0.3) is 0 Å². The van der Waals surface area contributed by atoms with Crippen molar-refractivity contribution in [2.75, 3.05) is 7.05 Å². The molecule has 1 saturated carbocycles. The number of hydrogen-bond acceptors (Lipinski definition) is 2. The molecule has 0 radical (unpaired) electrons. The van der Waals surface area contributed by atoms with E-state index in [2.05, 4.69) is 16.9 Å². The highest BCUT2D eigenvalue weighted by atomic mass is 127. The molecule has 0 heterocycles. The molecule has 0 aliphatic heterocycles. The van der Waals surface area contributed by atoms with Crippen LogP contribution in [0.2, 0.25) is 0 Å². The third kappa shape index (κ3) is 4.06. The van der Waals surface area contributed by atoms with E-state index in [9.17, 15) is 4.39 Å². The van der Waals surface area contributed by atoms with Crippen molar-refractivity contribution in [1.29, 1.82) is 0 Å². The van der Waals surface area contributed by atoms with Crippen molar-refractivity contribution >= 4 is 34.6 Å². The average Bonchev–Trinajstić information content (AvgIpc) is 3.37. The lowest BCUT2D eigenvalue weighted by atomic mass is 10.1. The minimum absolute atomic E-state index is 0.236. The van der Waals surface area contributed by atoms with Gasteiger partial charge >= 0.3 is 0 Å². The number of aliphatic imine (C=N–C) groups is 1. The minimum atomic E-state index is -0.236. The van der Waals surface area contributed by atoms with Gasteiger partial charge in [0.25, 0.3) is 0 Å². The number of aryl methyl sites for hydroxylation is 2. The molecule has 0 unspecified atom stereocenters. The van der Waals surface area contributed by atoms with Gasteiger partial charge in [-0.3, -0.25) is 0 Å². The van der Waals surface area contributed by atoms with Gasteiger partial charge < -0.3 is 9.64 Å². The first-order valence-electron chi connectivity index (χ1n) is 7.94. The van der Waals surface area contributed by atoms with Crippen LogP contribution in [0, 0.1) is 23.2 Å². The van der Waals surface area contributed by atoms with Crippen LogP contribution in [-0.4, -0.2) is 24.3 Å². The summed E-state index contributed by atoms with van der Waals surface area (Å²) in [4.78, 5) is 6.76. The van der Waals surface area contributed by atoms with Crippen molar-refractivity contribution in [3.8, 4) is 11.5 Å². The Labute approximate surface area is 155 Å². The van der Waals surface area contributed by atoms with Gasteiger partial charge in [-0.15, -0.1) is 0 Å². The number of rotatable bonds is 5. The molecule has 0 spiro atoms. The predicted molar refractivity (Wildman–Crippen MR) is 104 cm³/mol. The van der Waals surface area contributed by atoms with E-state index in [0.29, 0.717) is 15.4 Å². The van der Waals surface area contributed by atoms with Crippen LogP contribution >= 0.6 is 22.6 Å². The standard InChI is InChI=1S/C19H20FIN2O/c1-12-9-19(24-15-6-7-16(20)17(21)10-15)13(2)8-18(12)22-11-23(3)14-4-5-14/h6-11,14H,4-5H2,1-3H3. The first-order valence-corrected chi connectivity index (χ1v) is 9.02. The quantitative estimate of drug-likeness (QED) is 0.345. The number of hydrogen-bond donors (Lipinski definition) is 0. The molecule has 0 saturated heterocycles. The minimum Gasteiger partial charge on any atom is -0.457 e. The maximum atomic E-state index is 13.4. The first kappa shape index (κ1) is 17.2. The summed E-state index contributed by atoms with van der Waals surface area (Å²) >= 11 is 1.96. The zero-order chi connectivity index (χ0) is 17.3. The Kier molecular flexibility index (Phi) is 5.08. The monoisotopic (exact) mass is 438 g/mol. The molecule has 1 fully saturated rings. The van der Waals surface area contributed by atoms with Crippen LogP contribution in [0.3, 0.4) is 0 Å². The molecule has 0 amide bonds. The van der Waals surface area contributed by atoms with Crippen molar-refractivity contribution in [1.82, 2.24) is 4.90 Å². The van der Waals surface area contributed by atoms with Crippen molar-refractivity contribution in [2.45, 2.75) is 32.7 Å². The predicted octanol–water partition coefficient (Wildman–Crippen LogP) is 5.59. The zero-order valence-electron chi connectivity index (χ0n) is 14.0. The number of ether oxygens (including phenoxy) is 1. The number of halogens is 2. The van der Waals surface area contributed by atoms with Crippen molar-refractivity contribution in [3.05, 3.63) is 50.8 Å². The molecular weight excluding hydrogens is 418 g/mol. The Bertz CT molecular complexity index is 787. The lowest BCUT2D eigenvalue weighted by Crippen LogP contribution is -2.17. The smallest absolute Gasteiger partial charge is 0.136 e. The lowest BCUT2D eigenvalue weighted by Gasteiger charge is -2.13. The molecule has 0 aromatic heterocycles. The molecule has 2 aromatic carbocycles. The normalized spacial score (nSPS) is 14.2. The van der Waals surface area contributed by atoms with Gasteiger partial charge in [0.2, 0.25) is 0 Å². The fraction of sp³-hybridized carbons (Fsp3) is 0.316. The summed E-state index contributed by atoms with van der Waals surface area (Å²) in [6.45, 7) is 4.01. The highest BCUT2D eigenvalue weighted by Crippen LogP contribution is 2.32. The molecule has 0 N–H and O–H groups in total. The topological polar surface area (TPSA) is 24.8 Å². The second-order valence-corrected chi connectivity index (χ2v) is 7.39. The van der Waals surface area contributed by atoms with Gasteiger partial charge in [0.05, 0.1) is 15.6 Å². The van der Waals surface area contributed by atoms with Crippen LogP contribution in [0.1, 0.15) is 24.0 Å². The van der Waals surface area contributed by atoms with E-state index in [1.807, 2.05) is 54.9 Å². The fourth-order valence-corrected chi connectivity index (χ4v) is 2.91. The van der Waals surface area contributed by atoms with Gasteiger partial charge in [-0.05, 0) is 90.7 Å². The molecular formula is C19H20FIN2O. The second kappa shape index (κ2) is 7.09. The van der Waals surface area contributed by atoms with Gasteiger partial charge in [0, 0.05) is 13.1 Å². The van der Waals surface area contributed by atoms with Crippen LogP contribution in [0.5, 0.6) is 11.5 Å². The lowest BCUT2D eigenvalue weighted by molar-refractivity contribution is 0.475. The fourth-order valence-electron chi connectivity index (χ4n) is 2.42. The first-order chi connectivity index (χ1) is 11.4. The SMILES string of the molecule is Cc1cc(Oc2ccc(F)c(I)c2)c(C)cc1N=CN(C)C1CC1. The van der Waals surface area contributed by atoms with E-state index in [-0.39, 0.29) is 5.82 Å². The summed E-state index contributed by atoms with van der Waals surface area (Å²) in [6, 6.07) is 9.42. The third-order valence-electron chi connectivity index (χ3n) is 4.11. The maximum absolute atomic E-state index is 13.4. The summed E-state index contributed by atoms with van der Waals surface area (Å²) in [5.41, 5.74) is 3.00. The average molecular weight is 438 g/mol. The summed E-state index contributed by atoms with van der Waals surface area (Å²) < 4.78 is 19.8. The van der Waals surface area contributed by atoms with E-state index in [1.54, 1.807) is 12.1 Å².